The number of hydrogen-bond donors (Lipinski definition) is 2. The van der Waals surface area contributed by atoms with Gasteiger partial charge in [0.05, 0.1) is 11.1 Å². The molecule has 3 heterocycles. The highest BCUT2D eigenvalue weighted by Gasteiger charge is 2.16. The Morgan fingerprint density at radius 2 is 1.85 bits per heavy atom. The predicted octanol–water partition coefficient (Wildman–Crippen LogP) is 3.34. The third kappa shape index (κ3) is 2.44. The van der Waals surface area contributed by atoms with Crippen LogP contribution in [0.3, 0.4) is 0 Å². The van der Waals surface area contributed by atoms with Crippen molar-refractivity contribution < 1.29 is 13.9 Å². The lowest BCUT2D eigenvalue weighted by atomic mass is 10.1. The molecular formula is C18H13N5O3. The van der Waals surface area contributed by atoms with Gasteiger partial charge in [0.2, 0.25) is 6.79 Å². The molecule has 0 saturated heterocycles. The number of ether oxygens (including phenoxy) is 2. The molecule has 8 nitrogen and oxygen atoms in total. The van der Waals surface area contributed by atoms with E-state index >= 15 is 0 Å². The molecule has 2 aromatic carbocycles. The third-order valence-corrected chi connectivity index (χ3v) is 4.03. The monoisotopic (exact) mass is 347 g/mol. The molecule has 0 radical (unpaired) electrons. The highest BCUT2D eigenvalue weighted by molar-refractivity contribution is 5.86. The molecule has 2 aromatic heterocycles. The van der Waals surface area contributed by atoms with Crippen LogP contribution in [0.2, 0.25) is 0 Å². The summed E-state index contributed by atoms with van der Waals surface area (Å²) in [6.07, 6.45) is 0. The smallest absolute Gasteiger partial charge is 0.320 e. The molecule has 1 aliphatic heterocycles. The number of nitrogen functional groups attached to an aromatic ring is 1. The lowest BCUT2D eigenvalue weighted by Gasteiger charge is -2.04. The zero-order valence-corrected chi connectivity index (χ0v) is 13.5. The summed E-state index contributed by atoms with van der Waals surface area (Å²) in [4.78, 5) is 4.38. The van der Waals surface area contributed by atoms with E-state index in [-0.39, 0.29) is 12.8 Å². The van der Waals surface area contributed by atoms with Gasteiger partial charge in [-0.25, -0.2) is 4.98 Å². The molecule has 4 aromatic rings. The Morgan fingerprint density at radius 1 is 0.962 bits per heavy atom. The summed E-state index contributed by atoms with van der Waals surface area (Å²) in [5, 5.41) is 12.1. The van der Waals surface area contributed by atoms with Crippen LogP contribution in [0.25, 0.3) is 22.4 Å². The summed E-state index contributed by atoms with van der Waals surface area (Å²) in [5.41, 5.74) is 8.20. The summed E-state index contributed by atoms with van der Waals surface area (Å²) >= 11 is 0. The second-order valence-corrected chi connectivity index (χ2v) is 5.72. The van der Waals surface area contributed by atoms with Crippen LogP contribution in [-0.4, -0.2) is 22.0 Å². The number of nitrogens with zero attached hydrogens (tertiary/aromatic N) is 3. The van der Waals surface area contributed by atoms with Crippen molar-refractivity contribution >= 4 is 28.4 Å². The van der Waals surface area contributed by atoms with E-state index in [2.05, 4.69) is 20.5 Å². The summed E-state index contributed by atoms with van der Waals surface area (Å²) in [7, 11) is 0. The number of fused-ring (bicyclic) bond motifs is 2. The molecule has 0 bridgehead atoms. The molecule has 8 heteroatoms. The molecule has 0 saturated carbocycles. The number of nitrogens with one attached hydrogen (secondary N) is 1. The zero-order valence-electron chi connectivity index (χ0n) is 13.5. The third-order valence-electron chi connectivity index (χ3n) is 4.03. The fourth-order valence-electron chi connectivity index (χ4n) is 2.78. The Morgan fingerprint density at radius 3 is 2.81 bits per heavy atom. The summed E-state index contributed by atoms with van der Waals surface area (Å²) in [6, 6.07) is 15.3. The van der Waals surface area contributed by atoms with Crippen LogP contribution >= 0.6 is 0 Å². The van der Waals surface area contributed by atoms with Gasteiger partial charge in [-0.15, -0.1) is 5.10 Å². The minimum absolute atomic E-state index is 0.220. The van der Waals surface area contributed by atoms with E-state index in [1.165, 1.54) is 0 Å². The predicted molar refractivity (Wildman–Crippen MR) is 95.3 cm³/mol. The number of pyridine rings is 1. The largest absolute Gasteiger partial charge is 0.454 e. The number of anilines is 3. The molecule has 0 fully saturated rings. The van der Waals surface area contributed by atoms with Crippen molar-refractivity contribution in [2.24, 2.45) is 0 Å². The van der Waals surface area contributed by atoms with Crippen molar-refractivity contribution in [1.82, 2.24) is 15.2 Å². The van der Waals surface area contributed by atoms with Gasteiger partial charge in [0.25, 0.3) is 5.89 Å². The van der Waals surface area contributed by atoms with Gasteiger partial charge in [-0.3, -0.25) is 0 Å². The Bertz CT molecular complexity index is 1120. The van der Waals surface area contributed by atoms with Crippen LogP contribution in [0.4, 0.5) is 17.5 Å². The van der Waals surface area contributed by atoms with Crippen molar-refractivity contribution in [2.75, 3.05) is 17.8 Å². The van der Waals surface area contributed by atoms with E-state index in [0.29, 0.717) is 28.8 Å². The molecule has 1 aliphatic rings. The van der Waals surface area contributed by atoms with E-state index in [0.717, 1.165) is 16.6 Å². The Kier molecular flexibility index (Phi) is 3.14. The van der Waals surface area contributed by atoms with Gasteiger partial charge in [0.1, 0.15) is 5.82 Å². The Labute approximate surface area is 147 Å². The fraction of sp³-hybridized carbons (Fsp3) is 0.0556. The van der Waals surface area contributed by atoms with Crippen molar-refractivity contribution in [3.63, 3.8) is 0 Å². The van der Waals surface area contributed by atoms with Crippen molar-refractivity contribution in [1.29, 1.82) is 0 Å². The summed E-state index contributed by atoms with van der Waals surface area (Å²) < 4.78 is 16.3. The van der Waals surface area contributed by atoms with Crippen LogP contribution in [0.5, 0.6) is 11.5 Å². The molecule has 3 N–H and O–H groups in total. The molecule has 26 heavy (non-hydrogen) atoms. The molecule has 0 spiro atoms. The Balaban J connectivity index is 1.46. The van der Waals surface area contributed by atoms with E-state index in [1.54, 1.807) is 6.07 Å². The van der Waals surface area contributed by atoms with Crippen molar-refractivity contribution in [2.45, 2.75) is 0 Å². The van der Waals surface area contributed by atoms with Gasteiger partial charge < -0.3 is 24.9 Å². The van der Waals surface area contributed by atoms with Crippen LogP contribution < -0.4 is 20.5 Å². The molecule has 128 valence electrons. The number of aromatic nitrogens is 3. The molecule has 0 amide bonds. The average Bonchev–Trinajstić information content (AvgIpc) is 3.30. The molecule has 0 unspecified atom stereocenters. The fourth-order valence-corrected chi connectivity index (χ4v) is 2.78. The number of rotatable bonds is 3. The van der Waals surface area contributed by atoms with Gasteiger partial charge in [0, 0.05) is 17.1 Å². The first-order valence-corrected chi connectivity index (χ1v) is 7.92. The van der Waals surface area contributed by atoms with Gasteiger partial charge in [-0.05, 0) is 24.3 Å². The van der Waals surface area contributed by atoms with Gasteiger partial charge in [0.15, 0.2) is 11.5 Å². The first kappa shape index (κ1) is 14.5. The van der Waals surface area contributed by atoms with Crippen molar-refractivity contribution in [3.05, 3.63) is 48.5 Å². The molecule has 0 atom stereocenters. The first-order chi connectivity index (χ1) is 12.8. The SMILES string of the molecule is Nc1nc2ccccc2cc1-c1nnc(Nc2ccc3c(c2)OCO3)o1. The number of nitrogens with two attached hydrogens (primary N) is 1. The second-order valence-electron chi connectivity index (χ2n) is 5.72. The van der Waals surface area contributed by atoms with Gasteiger partial charge in [-0.2, -0.15) is 0 Å². The van der Waals surface area contributed by atoms with E-state index in [1.807, 2.05) is 42.5 Å². The topological polar surface area (TPSA) is 108 Å². The van der Waals surface area contributed by atoms with Crippen LogP contribution in [-0.2, 0) is 0 Å². The number of benzene rings is 2. The highest BCUT2D eigenvalue weighted by Crippen LogP contribution is 2.35. The standard InChI is InChI=1S/C18H13N5O3/c19-16-12(7-10-3-1-2-4-13(10)21-16)17-22-23-18(26-17)20-11-5-6-14-15(8-11)25-9-24-14/h1-8H,9H2,(H2,19,21)(H,20,23). The van der Waals surface area contributed by atoms with E-state index < -0.39 is 0 Å². The average molecular weight is 347 g/mol. The van der Waals surface area contributed by atoms with Crippen LogP contribution in [0.1, 0.15) is 0 Å². The first-order valence-electron chi connectivity index (χ1n) is 7.92. The maximum atomic E-state index is 6.05. The Hall–Kier alpha value is -3.81. The quantitative estimate of drug-likeness (QED) is 0.581. The number of hydrogen-bond acceptors (Lipinski definition) is 8. The van der Waals surface area contributed by atoms with Gasteiger partial charge >= 0.3 is 6.01 Å². The van der Waals surface area contributed by atoms with Crippen molar-refractivity contribution in [3.8, 4) is 23.0 Å². The maximum Gasteiger partial charge on any atom is 0.320 e. The normalized spacial score (nSPS) is 12.5. The molecular weight excluding hydrogens is 334 g/mol. The summed E-state index contributed by atoms with van der Waals surface area (Å²) in [5.74, 6) is 2.00. The summed E-state index contributed by atoms with van der Waals surface area (Å²) in [6.45, 7) is 0.220. The lowest BCUT2D eigenvalue weighted by molar-refractivity contribution is 0.174. The lowest BCUT2D eigenvalue weighted by Crippen LogP contribution is -1.95. The van der Waals surface area contributed by atoms with Crippen LogP contribution in [0.15, 0.2) is 52.9 Å². The second kappa shape index (κ2) is 5.62. The molecule has 5 rings (SSSR count). The highest BCUT2D eigenvalue weighted by atomic mass is 16.7. The van der Waals surface area contributed by atoms with Crippen LogP contribution in [0, 0.1) is 0 Å². The van der Waals surface area contributed by atoms with E-state index in [4.69, 9.17) is 19.6 Å². The minimum atomic E-state index is 0.220. The zero-order chi connectivity index (χ0) is 17.5. The van der Waals surface area contributed by atoms with E-state index in [9.17, 15) is 0 Å². The minimum Gasteiger partial charge on any atom is -0.454 e. The van der Waals surface area contributed by atoms with Gasteiger partial charge in [-0.1, -0.05) is 23.3 Å². The maximum absolute atomic E-state index is 6.05. The number of para-hydroxylation sites is 1. The molecule has 0 aliphatic carbocycles.